The molecule has 1 unspecified atom stereocenters. The average molecular weight is 440 g/mol. The molecular weight excluding hydrogens is 414 g/mol. The summed E-state index contributed by atoms with van der Waals surface area (Å²) in [5.41, 5.74) is -5.53. The Balaban J connectivity index is 1.75. The van der Waals surface area contributed by atoms with Crippen LogP contribution in [0.1, 0.15) is 59.3 Å². The van der Waals surface area contributed by atoms with Crippen molar-refractivity contribution in [1.82, 2.24) is 0 Å². The third-order valence-electron chi connectivity index (χ3n) is 6.77. The van der Waals surface area contributed by atoms with E-state index in [0.717, 1.165) is 40.0 Å². The third-order valence-corrected chi connectivity index (χ3v) is 7.59. The van der Waals surface area contributed by atoms with Crippen molar-refractivity contribution in [1.29, 1.82) is 0 Å². The van der Waals surface area contributed by atoms with E-state index in [2.05, 4.69) is 4.74 Å². The third kappa shape index (κ3) is 3.76. The molecule has 0 aromatic heterocycles. The van der Waals surface area contributed by atoms with E-state index >= 15 is 0 Å². The van der Waals surface area contributed by atoms with Crippen LogP contribution in [0.25, 0.3) is 0 Å². The number of carbonyl (C=O) groups excluding carboxylic acids is 2. The molecule has 0 radical (unpaired) electrons. The smallest absolute Gasteiger partial charge is 0.457 e. The maximum absolute atomic E-state index is 13.5. The number of alkyl halides is 2. The minimum Gasteiger partial charge on any atom is -0.457 e. The van der Waals surface area contributed by atoms with E-state index in [-0.39, 0.29) is 0 Å². The molecule has 11 heteroatoms. The molecule has 4 bridgehead atoms. The Morgan fingerprint density at radius 1 is 0.966 bits per heavy atom. The van der Waals surface area contributed by atoms with E-state index in [1.54, 1.807) is 0 Å². The fourth-order valence-electron chi connectivity index (χ4n) is 5.19. The van der Waals surface area contributed by atoms with Crippen LogP contribution in [0.3, 0.4) is 0 Å². The fraction of sp³-hybridized carbons (Fsp3) is 0.889. The van der Waals surface area contributed by atoms with Crippen LogP contribution in [0.15, 0.2) is 0 Å². The molecule has 2 N–H and O–H groups in total. The fourth-order valence-corrected chi connectivity index (χ4v) is 5.45. The summed E-state index contributed by atoms with van der Waals surface area (Å²) in [5.74, 6) is -2.41. The van der Waals surface area contributed by atoms with Gasteiger partial charge < -0.3 is 14.6 Å². The van der Waals surface area contributed by atoms with Crippen molar-refractivity contribution in [2.75, 3.05) is 0 Å². The monoisotopic (exact) mass is 440 g/mol. The normalized spacial score (nSPS) is 33.8. The number of hydrogen-bond acceptors (Lipinski definition) is 7. The van der Waals surface area contributed by atoms with Gasteiger partial charge in [0, 0.05) is 0 Å². The number of rotatable bonds is 6. The number of hydrogen-bond donors (Lipinski definition) is 2. The van der Waals surface area contributed by atoms with Crippen LogP contribution < -0.4 is 0 Å². The number of esters is 2. The van der Waals surface area contributed by atoms with Crippen molar-refractivity contribution < 1.29 is 45.9 Å². The summed E-state index contributed by atoms with van der Waals surface area (Å²) in [6.07, 6.45) is 5.26. The van der Waals surface area contributed by atoms with Gasteiger partial charge in [0.15, 0.2) is 5.60 Å². The minimum atomic E-state index is -6.08. The summed E-state index contributed by atoms with van der Waals surface area (Å²) in [6.45, 7) is 2.91. The number of halogens is 2. The first kappa shape index (κ1) is 22.4. The zero-order valence-electron chi connectivity index (χ0n) is 16.5. The van der Waals surface area contributed by atoms with Crippen molar-refractivity contribution in [2.24, 2.45) is 17.8 Å². The van der Waals surface area contributed by atoms with Crippen LogP contribution in [0, 0.1) is 17.8 Å². The van der Waals surface area contributed by atoms with Crippen molar-refractivity contribution in [3.63, 3.8) is 0 Å². The van der Waals surface area contributed by atoms with Gasteiger partial charge in [-0.15, -0.1) is 0 Å². The number of ether oxygens (including phenoxy) is 2. The van der Waals surface area contributed by atoms with Gasteiger partial charge in [-0.3, -0.25) is 4.55 Å². The van der Waals surface area contributed by atoms with Crippen LogP contribution in [0.2, 0.25) is 0 Å². The first-order valence-corrected chi connectivity index (χ1v) is 11.0. The first-order chi connectivity index (χ1) is 13.0. The van der Waals surface area contributed by atoms with Crippen molar-refractivity contribution in [3.05, 3.63) is 0 Å². The van der Waals surface area contributed by atoms with Crippen molar-refractivity contribution in [2.45, 2.75) is 81.4 Å². The van der Waals surface area contributed by atoms with Crippen LogP contribution in [0.4, 0.5) is 8.78 Å². The molecule has 1 atom stereocenters. The van der Waals surface area contributed by atoms with E-state index in [4.69, 9.17) is 9.29 Å². The summed E-state index contributed by atoms with van der Waals surface area (Å²) in [5, 5.41) is 5.48. The molecule has 29 heavy (non-hydrogen) atoms. The van der Waals surface area contributed by atoms with Crippen molar-refractivity contribution in [3.8, 4) is 0 Å². The SMILES string of the molecule is CC(C)(OC(=O)C(F)(F)S(=O)(=O)O)C(C)(O)C(=O)OC12CC3CC(CC(C3)C1)C2. The van der Waals surface area contributed by atoms with Gasteiger partial charge >= 0.3 is 27.3 Å². The Kier molecular flexibility index (Phi) is 5.07. The molecule has 0 aliphatic heterocycles. The molecule has 0 aromatic rings. The van der Waals surface area contributed by atoms with Gasteiger partial charge in [0.05, 0.1) is 0 Å². The molecule has 4 aliphatic carbocycles. The summed E-state index contributed by atoms with van der Waals surface area (Å²) < 4.78 is 67.2. The van der Waals surface area contributed by atoms with Gasteiger partial charge in [-0.2, -0.15) is 17.2 Å². The van der Waals surface area contributed by atoms with Crippen LogP contribution in [-0.2, 0) is 29.2 Å². The highest BCUT2D eigenvalue weighted by atomic mass is 32.2. The van der Waals surface area contributed by atoms with Gasteiger partial charge in [-0.05, 0) is 77.0 Å². The Labute approximate surface area is 167 Å². The van der Waals surface area contributed by atoms with E-state index in [0.29, 0.717) is 37.0 Å². The van der Waals surface area contributed by atoms with E-state index < -0.39 is 44.1 Å². The molecule has 0 amide bonds. The molecule has 4 aliphatic rings. The van der Waals surface area contributed by atoms with Gasteiger partial charge in [0.2, 0.25) is 0 Å². The van der Waals surface area contributed by atoms with Gasteiger partial charge in [0.1, 0.15) is 11.2 Å². The highest BCUT2D eigenvalue weighted by Gasteiger charge is 2.60. The summed E-state index contributed by atoms with van der Waals surface area (Å²) in [6, 6.07) is 0. The topological polar surface area (TPSA) is 127 Å². The molecule has 0 aromatic carbocycles. The highest BCUT2D eigenvalue weighted by molar-refractivity contribution is 7.87. The predicted molar refractivity (Wildman–Crippen MR) is 94.3 cm³/mol. The molecule has 4 rings (SSSR count). The predicted octanol–water partition coefficient (Wildman–Crippen LogP) is 2.05. The van der Waals surface area contributed by atoms with Crippen LogP contribution in [-0.4, -0.2) is 52.1 Å². The number of carbonyl (C=O) groups is 2. The summed E-state index contributed by atoms with van der Waals surface area (Å²) in [7, 11) is -6.08. The molecule has 0 spiro atoms. The Morgan fingerprint density at radius 3 is 1.76 bits per heavy atom. The lowest BCUT2D eigenvalue weighted by Gasteiger charge is -2.56. The van der Waals surface area contributed by atoms with Crippen LogP contribution >= 0.6 is 0 Å². The van der Waals surface area contributed by atoms with Crippen molar-refractivity contribution >= 4 is 22.1 Å². The summed E-state index contributed by atoms with van der Waals surface area (Å²) >= 11 is 0. The zero-order chi connectivity index (χ0) is 22.0. The minimum absolute atomic E-state index is 0.443. The molecule has 4 fully saturated rings. The largest absolute Gasteiger partial charge is 0.465 e. The number of aliphatic hydroxyl groups is 1. The lowest BCUT2D eigenvalue weighted by atomic mass is 9.54. The van der Waals surface area contributed by atoms with Gasteiger partial charge in [-0.1, -0.05) is 0 Å². The average Bonchev–Trinajstić information content (AvgIpc) is 2.51. The van der Waals surface area contributed by atoms with E-state index in [1.165, 1.54) is 0 Å². The zero-order valence-corrected chi connectivity index (χ0v) is 17.3. The molecule has 0 saturated heterocycles. The Bertz CT molecular complexity index is 782. The Morgan fingerprint density at radius 2 is 1.38 bits per heavy atom. The maximum Gasteiger partial charge on any atom is 0.465 e. The Hall–Kier alpha value is -1.33. The van der Waals surface area contributed by atoms with Gasteiger partial charge in [-0.25, -0.2) is 9.59 Å². The standard InChI is InChI=1S/C18H26F2O8S/c1-15(2,27-14(22)18(19,20)29(24,25)26)16(3,23)13(21)28-17-7-10-4-11(8-17)6-12(5-10)9-17/h10-12,23H,4-9H2,1-3H3,(H,24,25,26). The highest BCUT2D eigenvalue weighted by Crippen LogP contribution is 2.57. The lowest BCUT2D eigenvalue weighted by Crippen LogP contribution is -2.61. The second-order valence-corrected chi connectivity index (χ2v) is 10.9. The van der Waals surface area contributed by atoms with E-state index in [1.807, 2.05) is 0 Å². The first-order valence-electron chi connectivity index (χ1n) is 9.53. The molecule has 8 nitrogen and oxygen atoms in total. The molecule has 0 heterocycles. The van der Waals surface area contributed by atoms with Gasteiger partial charge in [0.25, 0.3) is 0 Å². The molecule has 166 valence electrons. The molecular formula is C18H26F2O8S. The second kappa shape index (κ2) is 6.58. The second-order valence-electron chi connectivity index (χ2n) is 9.45. The lowest BCUT2D eigenvalue weighted by molar-refractivity contribution is -0.228. The van der Waals surface area contributed by atoms with E-state index in [9.17, 15) is 31.9 Å². The molecule has 4 saturated carbocycles. The quantitative estimate of drug-likeness (QED) is 0.475. The summed E-state index contributed by atoms with van der Waals surface area (Å²) in [4.78, 5) is 24.4. The van der Waals surface area contributed by atoms with Crippen LogP contribution in [0.5, 0.6) is 0 Å². The maximum atomic E-state index is 13.5.